The Morgan fingerprint density at radius 2 is 2.14 bits per heavy atom. The molecule has 0 radical (unpaired) electrons. The molecule has 2 aromatic rings. The van der Waals surface area contributed by atoms with Gasteiger partial charge >= 0.3 is 0 Å². The molecular formula is C17H21F2N5O4S. The van der Waals surface area contributed by atoms with Gasteiger partial charge in [0, 0.05) is 19.2 Å². The number of hydrogen-bond acceptors (Lipinski definition) is 6. The van der Waals surface area contributed by atoms with Crippen molar-refractivity contribution in [2.45, 2.75) is 31.2 Å². The Balaban J connectivity index is 1.77. The van der Waals surface area contributed by atoms with Gasteiger partial charge in [0.05, 0.1) is 12.7 Å². The molecule has 1 saturated heterocycles. The first-order valence-corrected chi connectivity index (χ1v) is 10.2. The molecule has 2 heterocycles. The van der Waals surface area contributed by atoms with Crippen molar-refractivity contribution in [2.75, 3.05) is 25.5 Å². The fourth-order valence-electron chi connectivity index (χ4n) is 2.85. The fraction of sp³-hybridized carbons (Fsp3) is 0.471. The van der Waals surface area contributed by atoms with E-state index in [1.165, 1.54) is 39.2 Å². The minimum atomic E-state index is -4.11. The highest BCUT2D eigenvalue weighted by Gasteiger charge is 2.47. The molecule has 1 atom stereocenters. The molecule has 0 unspecified atom stereocenters. The van der Waals surface area contributed by atoms with E-state index in [1.54, 1.807) is 0 Å². The topological polar surface area (TPSA) is 117 Å². The molecule has 29 heavy (non-hydrogen) atoms. The molecule has 0 spiro atoms. The highest BCUT2D eigenvalue weighted by atomic mass is 32.2. The number of anilines is 1. The number of H-pyrrole nitrogens is 1. The lowest BCUT2D eigenvalue weighted by atomic mass is 10.2. The second kappa shape index (κ2) is 7.67. The molecule has 2 N–H and O–H groups in total. The number of nitrogens with zero attached hydrogens (tertiary/aromatic N) is 3. The molecule has 0 bridgehead atoms. The number of carbonyl (C=O) groups excluding carboxylic acids is 1. The average Bonchev–Trinajstić information content (AvgIpc) is 3.30. The number of aromatic nitrogens is 3. The number of ether oxygens (including phenoxy) is 1. The largest absolute Gasteiger partial charge is 0.497 e. The van der Waals surface area contributed by atoms with E-state index in [4.69, 9.17) is 4.74 Å². The first-order chi connectivity index (χ1) is 13.6. The lowest BCUT2D eigenvalue weighted by molar-refractivity contribution is -0.118. The van der Waals surface area contributed by atoms with Gasteiger partial charge in [-0.05, 0) is 32.4 Å². The van der Waals surface area contributed by atoms with Crippen LogP contribution in [0.3, 0.4) is 0 Å². The van der Waals surface area contributed by atoms with Crippen molar-refractivity contribution >= 4 is 21.9 Å². The normalized spacial score (nSPS) is 18.0. The Hall–Kier alpha value is -2.60. The molecule has 1 aromatic carbocycles. The maximum absolute atomic E-state index is 14.2. The molecule has 1 fully saturated rings. The van der Waals surface area contributed by atoms with E-state index in [9.17, 15) is 22.0 Å². The quantitative estimate of drug-likeness (QED) is 0.722. The first kappa shape index (κ1) is 21.1. The number of hydrogen-bond donors (Lipinski definition) is 2. The maximum atomic E-state index is 14.2. The SMILES string of the molecule is COc1ccc(-c2nc(NC(=O)C(C)(C)S(=O)(=O)N3CC[C@@H](F)C3)n[nH]2)c(F)c1. The number of benzene rings is 1. The van der Waals surface area contributed by atoms with E-state index in [1.807, 2.05) is 0 Å². The number of alkyl halides is 1. The van der Waals surface area contributed by atoms with E-state index in [0.717, 1.165) is 4.31 Å². The lowest BCUT2D eigenvalue weighted by Gasteiger charge is -2.28. The predicted molar refractivity (Wildman–Crippen MR) is 101 cm³/mol. The summed E-state index contributed by atoms with van der Waals surface area (Å²) < 4.78 is 57.1. The summed E-state index contributed by atoms with van der Waals surface area (Å²) in [6, 6.07) is 4.12. The Kier molecular flexibility index (Phi) is 5.59. The van der Waals surface area contributed by atoms with Crippen molar-refractivity contribution in [1.29, 1.82) is 0 Å². The van der Waals surface area contributed by atoms with E-state index >= 15 is 0 Å². The van der Waals surface area contributed by atoms with Crippen molar-refractivity contribution in [1.82, 2.24) is 19.5 Å². The standard InChI is InChI=1S/C17H21F2N5O4S/c1-17(2,29(26,27)24-7-6-10(18)9-24)15(25)21-16-20-14(22-23-16)12-5-4-11(28-3)8-13(12)19/h4-5,8,10H,6-7,9H2,1-3H3,(H2,20,21,22,23,25)/t10-/m1/s1. The lowest BCUT2D eigenvalue weighted by Crippen LogP contribution is -2.51. The van der Waals surface area contributed by atoms with Gasteiger partial charge in [-0.2, -0.15) is 9.29 Å². The van der Waals surface area contributed by atoms with Crippen LogP contribution in [0.4, 0.5) is 14.7 Å². The van der Waals surface area contributed by atoms with Crippen LogP contribution in [-0.2, 0) is 14.8 Å². The minimum Gasteiger partial charge on any atom is -0.497 e. The predicted octanol–water partition coefficient (Wildman–Crippen LogP) is 1.71. The van der Waals surface area contributed by atoms with Crippen LogP contribution >= 0.6 is 0 Å². The zero-order chi connectivity index (χ0) is 21.4. The van der Waals surface area contributed by atoms with Crippen LogP contribution < -0.4 is 10.1 Å². The fourth-order valence-corrected chi connectivity index (χ4v) is 4.49. The smallest absolute Gasteiger partial charge is 0.249 e. The summed E-state index contributed by atoms with van der Waals surface area (Å²) in [5.41, 5.74) is 0.0942. The number of halogens is 2. The third-order valence-electron chi connectivity index (χ3n) is 4.77. The molecule has 0 aliphatic carbocycles. The maximum Gasteiger partial charge on any atom is 0.249 e. The van der Waals surface area contributed by atoms with Crippen LogP contribution in [0, 0.1) is 5.82 Å². The van der Waals surface area contributed by atoms with Gasteiger partial charge in [0.2, 0.25) is 21.9 Å². The summed E-state index contributed by atoms with van der Waals surface area (Å²) in [6.07, 6.45) is -1.16. The van der Waals surface area contributed by atoms with Crippen molar-refractivity contribution in [3.8, 4) is 17.1 Å². The van der Waals surface area contributed by atoms with E-state index in [2.05, 4.69) is 20.5 Å². The highest BCUT2D eigenvalue weighted by molar-refractivity contribution is 7.91. The summed E-state index contributed by atoms with van der Waals surface area (Å²) in [6.45, 7) is 2.18. The molecule has 1 aromatic heterocycles. The Bertz CT molecular complexity index is 1020. The van der Waals surface area contributed by atoms with Crippen molar-refractivity contribution in [3.05, 3.63) is 24.0 Å². The number of amides is 1. The second-order valence-corrected chi connectivity index (χ2v) is 9.55. The average molecular weight is 429 g/mol. The van der Waals surface area contributed by atoms with E-state index in [0.29, 0.717) is 5.75 Å². The van der Waals surface area contributed by atoms with Crippen molar-refractivity contribution in [2.24, 2.45) is 0 Å². The highest BCUT2D eigenvalue weighted by Crippen LogP contribution is 2.28. The summed E-state index contributed by atoms with van der Waals surface area (Å²) in [4.78, 5) is 16.6. The summed E-state index contributed by atoms with van der Waals surface area (Å²) >= 11 is 0. The number of rotatable bonds is 6. The molecule has 0 saturated carbocycles. The Labute approximate surface area is 166 Å². The van der Waals surface area contributed by atoms with Gasteiger partial charge in [0.25, 0.3) is 0 Å². The Morgan fingerprint density at radius 1 is 1.41 bits per heavy atom. The third kappa shape index (κ3) is 3.94. The van der Waals surface area contributed by atoms with Gasteiger partial charge in [0.1, 0.15) is 17.7 Å². The number of nitrogens with one attached hydrogen (secondary N) is 2. The minimum absolute atomic E-state index is 0.0156. The van der Waals surface area contributed by atoms with Crippen LogP contribution in [0.1, 0.15) is 20.3 Å². The summed E-state index contributed by atoms with van der Waals surface area (Å²) in [7, 11) is -2.70. The number of methoxy groups -OCH3 is 1. The molecule has 12 heteroatoms. The van der Waals surface area contributed by atoms with Gasteiger partial charge in [-0.1, -0.05) is 0 Å². The van der Waals surface area contributed by atoms with Gasteiger partial charge in [0.15, 0.2) is 10.6 Å². The van der Waals surface area contributed by atoms with Crippen LogP contribution in [0.5, 0.6) is 5.75 Å². The van der Waals surface area contributed by atoms with Gasteiger partial charge in [-0.3, -0.25) is 15.2 Å². The molecule has 9 nitrogen and oxygen atoms in total. The second-order valence-electron chi connectivity index (χ2n) is 7.07. The van der Waals surface area contributed by atoms with Crippen LogP contribution in [0.25, 0.3) is 11.4 Å². The first-order valence-electron chi connectivity index (χ1n) is 8.78. The van der Waals surface area contributed by atoms with Crippen LogP contribution in [0.2, 0.25) is 0 Å². The molecular weight excluding hydrogens is 408 g/mol. The molecule has 1 amide bonds. The van der Waals surface area contributed by atoms with E-state index in [-0.39, 0.29) is 36.8 Å². The zero-order valence-electron chi connectivity index (χ0n) is 16.1. The molecule has 1 aliphatic heterocycles. The molecule has 3 rings (SSSR count). The molecule has 158 valence electrons. The summed E-state index contributed by atoms with van der Waals surface area (Å²) in [5.74, 6) is -1.35. The monoisotopic (exact) mass is 429 g/mol. The van der Waals surface area contributed by atoms with Gasteiger partial charge in [-0.15, -0.1) is 5.10 Å². The Morgan fingerprint density at radius 3 is 2.72 bits per heavy atom. The van der Waals surface area contributed by atoms with Gasteiger partial charge in [-0.25, -0.2) is 17.2 Å². The number of aromatic amines is 1. The van der Waals surface area contributed by atoms with Gasteiger partial charge < -0.3 is 4.74 Å². The number of sulfonamides is 1. The van der Waals surface area contributed by atoms with E-state index < -0.39 is 32.7 Å². The summed E-state index contributed by atoms with van der Waals surface area (Å²) in [5, 5.41) is 8.59. The van der Waals surface area contributed by atoms with Crippen molar-refractivity contribution < 1.29 is 26.7 Å². The van der Waals surface area contributed by atoms with Crippen LogP contribution in [0.15, 0.2) is 18.2 Å². The third-order valence-corrected chi connectivity index (χ3v) is 7.25. The van der Waals surface area contributed by atoms with Crippen LogP contribution in [-0.4, -0.2) is 64.9 Å². The van der Waals surface area contributed by atoms with Crippen molar-refractivity contribution in [3.63, 3.8) is 0 Å². The number of carbonyl (C=O) groups is 1. The zero-order valence-corrected chi connectivity index (χ0v) is 16.9. The molecule has 1 aliphatic rings.